The Morgan fingerprint density at radius 2 is 0.650 bits per heavy atom. The van der Waals surface area contributed by atoms with Gasteiger partial charge in [-0.2, -0.15) is 0 Å². The van der Waals surface area contributed by atoms with Crippen molar-refractivity contribution in [2.24, 2.45) is 0 Å². The van der Waals surface area contributed by atoms with Gasteiger partial charge in [-0.25, -0.2) is 19.6 Å². The van der Waals surface area contributed by atoms with Crippen molar-refractivity contribution in [3.8, 4) is 44.5 Å². The fourth-order valence-corrected chi connectivity index (χ4v) is 7.83. The standard InChI is InChI=1S/C50H40N6O4/c1-55(2)35-17-13-31(14-18-35)47-41-25-21-37(51-41)45(29-5-9-33(10-6-29)49(57)58)39-23-27-43(53-39)48(32-15-19-36(20-16-32)56(3)4)44-28-24-40(54-44)46(38-22-26-42(47)52-38)30-7-11-34(12-8-30)50(59)60/h5-28,51,54H,1-4H3,(H,57,58)(H,59,60). The summed E-state index contributed by atoms with van der Waals surface area (Å²) in [6.07, 6.45) is 8.04. The maximum absolute atomic E-state index is 11.9. The molecular weight excluding hydrogens is 749 g/mol. The molecule has 2 aliphatic heterocycles. The molecule has 0 aliphatic carbocycles. The Balaban J connectivity index is 1.43. The number of aromatic carboxylic acids is 2. The molecule has 0 amide bonds. The van der Waals surface area contributed by atoms with Crippen LogP contribution in [-0.4, -0.2) is 70.3 Å². The van der Waals surface area contributed by atoms with Gasteiger partial charge in [-0.15, -0.1) is 0 Å². The number of carboxylic acid groups (broad SMARTS) is 2. The minimum Gasteiger partial charge on any atom is -0.478 e. The minimum absolute atomic E-state index is 0.194. The number of hydrogen-bond acceptors (Lipinski definition) is 6. The first-order valence-electron chi connectivity index (χ1n) is 19.4. The van der Waals surface area contributed by atoms with Gasteiger partial charge in [0.15, 0.2) is 0 Å². The van der Waals surface area contributed by atoms with Crippen LogP contribution >= 0.6 is 0 Å². The van der Waals surface area contributed by atoms with E-state index in [1.54, 1.807) is 24.3 Å². The molecule has 4 aromatic carbocycles. The van der Waals surface area contributed by atoms with Crippen molar-refractivity contribution in [2.45, 2.75) is 0 Å². The summed E-state index contributed by atoms with van der Waals surface area (Å²) in [5.41, 5.74) is 15.5. The summed E-state index contributed by atoms with van der Waals surface area (Å²) in [6, 6.07) is 38.6. The number of nitrogens with one attached hydrogen (secondary N) is 2. The molecule has 8 bridgehead atoms. The van der Waals surface area contributed by atoms with Crippen LogP contribution in [-0.2, 0) is 0 Å². The summed E-state index contributed by atoms with van der Waals surface area (Å²) in [4.78, 5) is 46.0. The number of rotatable bonds is 8. The number of carboxylic acids is 2. The lowest BCUT2D eigenvalue weighted by molar-refractivity contribution is 0.0686. The number of fused-ring (bicyclic) bond motifs is 8. The van der Waals surface area contributed by atoms with E-state index in [-0.39, 0.29) is 11.1 Å². The Bertz CT molecular complexity index is 2850. The van der Waals surface area contributed by atoms with Crippen LogP contribution in [0.15, 0.2) is 121 Å². The van der Waals surface area contributed by atoms with Crippen LogP contribution in [0.4, 0.5) is 11.4 Å². The van der Waals surface area contributed by atoms with Gasteiger partial charge >= 0.3 is 11.9 Å². The van der Waals surface area contributed by atoms with Crippen molar-refractivity contribution in [3.05, 3.63) is 155 Å². The summed E-state index contributed by atoms with van der Waals surface area (Å²) in [5.74, 6) is -1.99. The Kier molecular flexibility index (Phi) is 9.44. The molecule has 0 atom stereocenters. The van der Waals surface area contributed by atoms with E-state index in [0.29, 0.717) is 11.4 Å². The molecule has 294 valence electrons. The maximum Gasteiger partial charge on any atom is 0.335 e. The van der Waals surface area contributed by atoms with Crippen molar-refractivity contribution in [3.63, 3.8) is 0 Å². The number of nitrogens with zero attached hydrogens (tertiary/aromatic N) is 4. The van der Waals surface area contributed by atoms with Gasteiger partial charge in [-0.05, 0) is 119 Å². The second-order valence-electron chi connectivity index (χ2n) is 15.2. The summed E-state index contributed by atoms with van der Waals surface area (Å²) in [6.45, 7) is 0. The third kappa shape index (κ3) is 6.90. The molecule has 0 saturated carbocycles. The van der Waals surface area contributed by atoms with Gasteiger partial charge in [0.25, 0.3) is 0 Å². The average Bonchev–Trinajstić information content (AvgIpc) is 4.10. The molecule has 0 saturated heterocycles. The van der Waals surface area contributed by atoms with Crippen molar-refractivity contribution >= 4 is 69.7 Å². The normalized spacial score (nSPS) is 11.8. The lowest BCUT2D eigenvalue weighted by Gasteiger charge is -2.13. The summed E-state index contributed by atoms with van der Waals surface area (Å²) in [5, 5.41) is 19.5. The average molecular weight is 789 g/mol. The zero-order valence-corrected chi connectivity index (χ0v) is 33.4. The van der Waals surface area contributed by atoms with E-state index in [1.807, 2.05) is 101 Å². The van der Waals surface area contributed by atoms with Gasteiger partial charge in [0.1, 0.15) is 0 Å². The second kappa shape index (κ2) is 15.1. The molecule has 0 spiro atoms. The predicted octanol–water partition coefficient (Wildman–Crippen LogP) is 10.9. The highest BCUT2D eigenvalue weighted by atomic mass is 16.4. The molecule has 60 heavy (non-hydrogen) atoms. The van der Waals surface area contributed by atoms with Gasteiger partial charge < -0.3 is 30.0 Å². The third-order valence-corrected chi connectivity index (χ3v) is 10.9. The van der Waals surface area contributed by atoms with Crippen molar-refractivity contribution < 1.29 is 19.8 Å². The monoisotopic (exact) mass is 788 g/mol. The highest BCUT2D eigenvalue weighted by Gasteiger charge is 2.20. The molecule has 2 aliphatic rings. The van der Waals surface area contributed by atoms with E-state index in [9.17, 15) is 19.8 Å². The molecule has 7 aromatic rings. The quantitative estimate of drug-likeness (QED) is 0.119. The zero-order valence-electron chi connectivity index (χ0n) is 33.4. The predicted molar refractivity (Wildman–Crippen MR) is 243 cm³/mol. The molecule has 3 aromatic heterocycles. The van der Waals surface area contributed by atoms with Crippen LogP contribution in [0, 0.1) is 0 Å². The number of hydrogen-bond donors (Lipinski definition) is 4. The van der Waals surface area contributed by atoms with E-state index >= 15 is 0 Å². The fourth-order valence-electron chi connectivity index (χ4n) is 7.83. The molecule has 0 radical (unpaired) electrons. The summed E-state index contributed by atoms with van der Waals surface area (Å²) in [7, 11) is 8.03. The SMILES string of the molecule is CN(C)c1ccc(-c2c3nc(c(-c4ccc(C(=O)O)cc4)c4ccc([nH]4)c(-c4ccc(N(C)C)cc4)c4nc(c(-c5ccc(C(=O)O)cc5)c5ccc2[nH]5)C=C4)C=C3)cc1. The number of aromatic amines is 2. The van der Waals surface area contributed by atoms with Gasteiger partial charge in [0.05, 0.1) is 33.9 Å². The highest BCUT2D eigenvalue weighted by molar-refractivity contribution is 6.00. The molecule has 10 heteroatoms. The first kappa shape index (κ1) is 37.6. The lowest BCUT2D eigenvalue weighted by atomic mass is 10.0. The summed E-state index contributed by atoms with van der Waals surface area (Å²) >= 11 is 0. The molecule has 4 N–H and O–H groups in total. The Morgan fingerprint density at radius 3 is 0.883 bits per heavy atom. The van der Waals surface area contributed by atoms with E-state index < -0.39 is 11.9 Å². The number of carbonyl (C=O) groups is 2. The van der Waals surface area contributed by atoms with Crippen LogP contribution in [0.1, 0.15) is 43.5 Å². The van der Waals surface area contributed by atoms with E-state index in [0.717, 1.165) is 89.3 Å². The van der Waals surface area contributed by atoms with E-state index in [4.69, 9.17) is 9.97 Å². The number of anilines is 2. The van der Waals surface area contributed by atoms with Crippen molar-refractivity contribution in [1.82, 2.24) is 19.9 Å². The molecule has 0 unspecified atom stereocenters. The smallest absolute Gasteiger partial charge is 0.335 e. The number of aromatic nitrogens is 4. The summed E-state index contributed by atoms with van der Waals surface area (Å²) < 4.78 is 0. The zero-order chi connectivity index (χ0) is 41.7. The van der Waals surface area contributed by atoms with Gasteiger partial charge in [0.2, 0.25) is 0 Å². The first-order chi connectivity index (χ1) is 29.0. The van der Waals surface area contributed by atoms with E-state index in [2.05, 4.69) is 68.3 Å². The molecule has 9 rings (SSSR count). The highest BCUT2D eigenvalue weighted by Crippen LogP contribution is 2.39. The van der Waals surface area contributed by atoms with Crippen LogP contribution in [0.25, 0.3) is 90.9 Å². The Labute approximate surface area is 346 Å². The number of benzene rings is 4. The van der Waals surface area contributed by atoms with Gasteiger partial charge in [-0.1, -0.05) is 48.5 Å². The molecule has 0 fully saturated rings. The van der Waals surface area contributed by atoms with Crippen LogP contribution in [0.5, 0.6) is 0 Å². The molecule has 10 nitrogen and oxygen atoms in total. The number of H-pyrrole nitrogens is 2. The topological polar surface area (TPSA) is 138 Å². The maximum atomic E-state index is 11.9. The van der Waals surface area contributed by atoms with Gasteiger partial charge in [-0.3, -0.25) is 0 Å². The van der Waals surface area contributed by atoms with E-state index in [1.165, 1.54) is 0 Å². The minimum atomic E-state index is -0.996. The lowest BCUT2D eigenvalue weighted by Crippen LogP contribution is -2.07. The Morgan fingerprint density at radius 1 is 0.400 bits per heavy atom. The van der Waals surface area contributed by atoms with Crippen LogP contribution in [0.3, 0.4) is 0 Å². The first-order valence-corrected chi connectivity index (χ1v) is 19.4. The second-order valence-corrected chi connectivity index (χ2v) is 15.2. The van der Waals surface area contributed by atoms with Crippen molar-refractivity contribution in [1.29, 1.82) is 0 Å². The van der Waals surface area contributed by atoms with Gasteiger partial charge in [0, 0.05) is 83.9 Å². The Hall–Kier alpha value is -7.98. The third-order valence-electron chi connectivity index (χ3n) is 10.9. The molecular formula is C50H40N6O4. The van der Waals surface area contributed by atoms with Crippen LogP contribution < -0.4 is 9.80 Å². The van der Waals surface area contributed by atoms with Crippen LogP contribution in [0.2, 0.25) is 0 Å². The van der Waals surface area contributed by atoms with Crippen molar-refractivity contribution in [2.75, 3.05) is 38.0 Å². The molecule has 5 heterocycles. The fraction of sp³-hybridized carbons (Fsp3) is 0.0800. The largest absolute Gasteiger partial charge is 0.478 e.